The van der Waals surface area contributed by atoms with Gasteiger partial charge in [-0.15, -0.1) is 0 Å². The molecule has 1 nitrogen and oxygen atoms in total. The Hall–Kier alpha value is -0.340. The molecule has 0 aromatic heterocycles. The highest BCUT2D eigenvalue weighted by molar-refractivity contribution is 7.83. The van der Waals surface area contributed by atoms with E-state index in [0.717, 1.165) is 16.5 Å². The molecule has 0 aliphatic heterocycles. The highest BCUT2D eigenvalue weighted by Crippen LogP contribution is 2.41. The third-order valence-corrected chi connectivity index (χ3v) is 3.56. The number of hydrogen-bond donors (Lipinski definition) is 0. The van der Waals surface area contributed by atoms with E-state index in [2.05, 4.69) is 12.1 Å². The largest absolute Gasteiger partial charge is 0.260 e. The Balaban J connectivity index is 2.26. The first kappa shape index (κ1) is 10.2. The van der Waals surface area contributed by atoms with Crippen LogP contribution in [-0.4, -0.2) is 10.5 Å². The van der Waals surface area contributed by atoms with Crippen molar-refractivity contribution in [3.05, 3.63) is 34.3 Å². The molecular formula is C11H13ClOS. The van der Waals surface area contributed by atoms with Gasteiger partial charge in [-0.3, -0.25) is 4.21 Å². The molecule has 1 aliphatic rings. The van der Waals surface area contributed by atoms with Crippen LogP contribution in [0.5, 0.6) is 0 Å². The van der Waals surface area contributed by atoms with Gasteiger partial charge in [0.15, 0.2) is 0 Å². The van der Waals surface area contributed by atoms with E-state index >= 15 is 0 Å². The van der Waals surface area contributed by atoms with Gasteiger partial charge in [0.05, 0.1) is 0 Å². The quantitative estimate of drug-likeness (QED) is 0.777. The van der Waals surface area contributed by atoms with Gasteiger partial charge in [0.1, 0.15) is 0 Å². The number of rotatable bonds is 3. The molecule has 1 atom stereocenters. The Kier molecular flexibility index (Phi) is 2.93. The Bertz CT molecular complexity index is 372. The number of halogens is 1. The molecule has 1 fully saturated rings. The van der Waals surface area contributed by atoms with E-state index in [1.54, 1.807) is 6.26 Å². The fourth-order valence-corrected chi connectivity index (χ4v) is 2.54. The second kappa shape index (κ2) is 4.03. The molecule has 0 bridgehead atoms. The Morgan fingerprint density at radius 1 is 1.50 bits per heavy atom. The molecule has 0 heterocycles. The van der Waals surface area contributed by atoms with Gasteiger partial charge < -0.3 is 0 Å². The van der Waals surface area contributed by atoms with Crippen molar-refractivity contribution in [3.8, 4) is 0 Å². The molecule has 2 rings (SSSR count). The predicted molar refractivity (Wildman–Crippen MR) is 61.2 cm³/mol. The third kappa shape index (κ3) is 2.37. The average molecular weight is 229 g/mol. The minimum atomic E-state index is -0.812. The Labute approximate surface area is 91.9 Å². The summed E-state index contributed by atoms with van der Waals surface area (Å²) >= 11 is 6.03. The summed E-state index contributed by atoms with van der Waals surface area (Å²) in [6, 6.07) is 6.13. The van der Waals surface area contributed by atoms with E-state index in [0.29, 0.717) is 5.75 Å². The molecule has 1 aromatic carbocycles. The fourth-order valence-electron chi connectivity index (χ4n) is 1.59. The molecule has 0 amide bonds. The maximum absolute atomic E-state index is 11.1. The molecule has 1 aliphatic carbocycles. The van der Waals surface area contributed by atoms with E-state index in [1.807, 2.05) is 6.07 Å². The molecule has 76 valence electrons. The zero-order valence-corrected chi connectivity index (χ0v) is 9.70. The Morgan fingerprint density at radius 2 is 2.21 bits per heavy atom. The van der Waals surface area contributed by atoms with E-state index in [1.165, 1.54) is 18.4 Å². The highest BCUT2D eigenvalue weighted by atomic mass is 35.5. The van der Waals surface area contributed by atoms with Crippen molar-refractivity contribution in [2.24, 2.45) is 0 Å². The van der Waals surface area contributed by atoms with Gasteiger partial charge in [0, 0.05) is 27.8 Å². The summed E-state index contributed by atoms with van der Waals surface area (Å²) in [5, 5.41) is 0.740. The summed E-state index contributed by atoms with van der Waals surface area (Å²) in [5.74, 6) is 1.30. The van der Waals surface area contributed by atoms with Gasteiger partial charge in [0.25, 0.3) is 0 Å². The summed E-state index contributed by atoms with van der Waals surface area (Å²) in [6.45, 7) is 0. The molecule has 1 aromatic rings. The van der Waals surface area contributed by atoms with Crippen molar-refractivity contribution < 1.29 is 4.21 Å². The summed E-state index contributed by atoms with van der Waals surface area (Å²) in [4.78, 5) is 0. The summed E-state index contributed by atoms with van der Waals surface area (Å²) < 4.78 is 11.1. The van der Waals surface area contributed by atoms with Crippen molar-refractivity contribution in [1.82, 2.24) is 0 Å². The van der Waals surface area contributed by atoms with Crippen LogP contribution >= 0.6 is 11.6 Å². The van der Waals surface area contributed by atoms with Crippen LogP contribution in [0.4, 0.5) is 0 Å². The summed E-state index contributed by atoms with van der Waals surface area (Å²) in [6.07, 6.45) is 4.28. The van der Waals surface area contributed by atoms with Crippen LogP contribution in [0.15, 0.2) is 18.2 Å². The van der Waals surface area contributed by atoms with Gasteiger partial charge in [0.2, 0.25) is 0 Å². The molecule has 3 heteroatoms. The lowest BCUT2D eigenvalue weighted by atomic mass is 10.1. The van der Waals surface area contributed by atoms with Gasteiger partial charge in [-0.2, -0.15) is 0 Å². The fraction of sp³-hybridized carbons (Fsp3) is 0.455. The monoisotopic (exact) mass is 228 g/mol. The van der Waals surface area contributed by atoms with E-state index in [9.17, 15) is 4.21 Å². The van der Waals surface area contributed by atoms with Gasteiger partial charge in [-0.1, -0.05) is 23.7 Å². The molecular weight excluding hydrogens is 216 g/mol. The average Bonchev–Trinajstić information content (AvgIpc) is 2.91. The minimum Gasteiger partial charge on any atom is -0.260 e. The summed E-state index contributed by atoms with van der Waals surface area (Å²) in [5.41, 5.74) is 2.38. The van der Waals surface area contributed by atoms with E-state index in [4.69, 9.17) is 11.6 Å². The van der Waals surface area contributed by atoms with E-state index < -0.39 is 10.8 Å². The first-order chi connectivity index (χ1) is 6.66. The van der Waals surface area contributed by atoms with Crippen LogP contribution < -0.4 is 0 Å². The second-order valence-corrected chi connectivity index (χ2v) is 5.68. The second-order valence-electron chi connectivity index (χ2n) is 3.84. The van der Waals surface area contributed by atoms with Crippen LogP contribution in [0.2, 0.25) is 5.02 Å². The predicted octanol–water partition coefficient (Wildman–Crippen LogP) is 3.10. The molecule has 0 spiro atoms. The highest BCUT2D eigenvalue weighted by Gasteiger charge is 2.23. The molecule has 0 radical (unpaired) electrons. The van der Waals surface area contributed by atoms with Crippen molar-refractivity contribution >= 4 is 22.4 Å². The lowest BCUT2D eigenvalue weighted by Gasteiger charge is -2.05. The van der Waals surface area contributed by atoms with Gasteiger partial charge in [-0.05, 0) is 36.0 Å². The standard InChI is InChI=1S/C11H13ClOS/c1-14(13)7-10-6-9(8-2-3-8)4-5-11(10)12/h4-6,8H,2-3,7H2,1H3. The van der Waals surface area contributed by atoms with Gasteiger partial charge >= 0.3 is 0 Å². The van der Waals surface area contributed by atoms with Crippen LogP contribution in [0.25, 0.3) is 0 Å². The topological polar surface area (TPSA) is 17.1 Å². The molecule has 0 saturated heterocycles. The van der Waals surface area contributed by atoms with Crippen molar-refractivity contribution in [2.45, 2.75) is 24.5 Å². The normalized spacial score (nSPS) is 18.1. The smallest absolute Gasteiger partial charge is 0.0497 e. The molecule has 14 heavy (non-hydrogen) atoms. The summed E-state index contributed by atoms with van der Waals surface area (Å²) in [7, 11) is -0.812. The van der Waals surface area contributed by atoms with Crippen molar-refractivity contribution in [2.75, 3.05) is 6.26 Å². The van der Waals surface area contributed by atoms with Crippen LogP contribution in [0.3, 0.4) is 0 Å². The first-order valence-corrected chi connectivity index (χ1v) is 6.85. The van der Waals surface area contributed by atoms with Crippen LogP contribution in [-0.2, 0) is 16.6 Å². The molecule has 0 N–H and O–H groups in total. The maximum Gasteiger partial charge on any atom is 0.0497 e. The number of hydrogen-bond acceptors (Lipinski definition) is 1. The van der Waals surface area contributed by atoms with Crippen molar-refractivity contribution in [3.63, 3.8) is 0 Å². The first-order valence-electron chi connectivity index (χ1n) is 4.75. The molecule has 1 saturated carbocycles. The lowest BCUT2D eigenvalue weighted by Crippen LogP contribution is -1.94. The minimum absolute atomic E-state index is 0.569. The third-order valence-electron chi connectivity index (χ3n) is 2.48. The lowest BCUT2D eigenvalue weighted by molar-refractivity contribution is 0.686. The molecule has 1 unspecified atom stereocenters. The zero-order chi connectivity index (χ0) is 10.1. The van der Waals surface area contributed by atoms with Crippen molar-refractivity contribution in [1.29, 1.82) is 0 Å². The SMILES string of the molecule is CS(=O)Cc1cc(C2CC2)ccc1Cl. The van der Waals surface area contributed by atoms with Gasteiger partial charge in [-0.25, -0.2) is 0 Å². The van der Waals surface area contributed by atoms with Crippen LogP contribution in [0.1, 0.15) is 29.9 Å². The number of benzene rings is 1. The van der Waals surface area contributed by atoms with E-state index in [-0.39, 0.29) is 0 Å². The zero-order valence-electron chi connectivity index (χ0n) is 8.13. The maximum atomic E-state index is 11.1. The Morgan fingerprint density at radius 3 is 2.79 bits per heavy atom. The van der Waals surface area contributed by atoms with Crippen LogP contribution in [0, 0.1) is 0 Å².